The summed E-state index contributed by atoms with van der Waals surface area (Å²) in [5.41, 5.74) is 8.29. The minimum atomic E-state index is 0.222. The molecule has 0 N–H and O–H groups in total. The number of unbranched alkanes of at least 4 members (excludes halogenated alkanes) is 1. The highest BCUT2D eigenvalue weighted by molar-refractivity contribution is 5.78. The molecule has 2 aliphatic rings. The van der Waals surface area contributed by atoms with Gasteiger partial charge in [0.2, 0.25) is 5.91 Å². The van der Waals surface area contributed by atoms with Gasteiger partial charge < -0.3 is 9.80 Å². The van der Waals surface area contributed by atoms with Gasteiger partial charge >= 0.3 is 0 Å². The molecule has 19 heavy (non-hydrogen) atoms. The number of nitrogens with zero attached hydrogens (tertiary/aromatic N) is 5. The van der Waals surface area contributed by atoms with Crippen LogP contribution in [-0.4, -0.2) is 55.0 Å². The Kier molecular flexibility index (Phi) is 5.48. The summed E-state index contributed by atoms with van der Waals surface area (Å²) in [5.74, 6) is 0.446. The predicted molar refractivity (Wildman–Crippen MR) is 73.6 cm³/mol. The van der Waals surface area contributed by atoms with Crippen LogP contribution >= 0.6 is 0 Å². The molecule has 106 valence electrons. The van der Waals surface area contributed by atoms with Gasteiger partial charge in [0.25, 0.3) is 0 Å². The zero-order chi connectivity index (χ0) is 13.5. The van der Waals surface area contributed by atoms with E-state index in [2.05, 4.69) is 14.9 Å². The molecule has 0 spiro atoms. The second-order valence-corrected chi connectivity index (χ2v) is 5.58. The molecule has 1 unspecified atom stereocenters. The van der Waals surface area contributed by atoms with E-state index in [1.165, 1.54) is 38.9 Å². The number of azide groups is 1. The Morgan fingerprint density at radius 3 is 2.74 bits per heavy atom. The first-order valence-electron chi connectivity index (χ1n) is 7.30. The maximum atomic E-state index is 11.8. The van der Waals surface area contributed by atoms with Crippen LogP contribution in [0.2, 0.25) is 0 Å². The standard InChI is InChI=1S/C13H23N5O/c14-16-15-10-12-9-13(19)18(11-12)8-4-3-7-17-5-1-2-6-17/h12H,1-11H2. The summed E-state index contributed by atoms with van der Waals surface area (Å²) >= 11 is 0. The molecule has 2 saturated heterocycles. The Morgan fingerprint density at radius 2 is 2.00 bits per heavy atom. The summed E-state index contributed by atoms with van der Waals surface area (Å²) in [5, 5.41) is 3.57. The van der Waals surface area contributed by atoms with Crippen molar-refractivity contribution in [3.8, 4) is 0 Å². The molecular weight excluding hydrogens is 242 g/mol. The third-order valence-corrected chi connectivity index (χ3v) is 4.05. The van der Waals surface area contributed by atoms with Crippen LogP contribution in [0.1, 0.15) is 32.1 Å². The second-order valence-electron chi connectivity index (χ2n) is 5.58. The van der Waals surface area contributed by atoms with E-state index in [1.807, 2.05) is 4.90 Å². The van der Waals surface area contributed by atoms with Crippen LogP contribution in [0.15, 0.2) is 5.11 Å². The van der Waals surface area contributed by atoms with Crippen molar-refractivity contribution in [1.82, 2.24) is 9.80 Å². The van der Waals surface area contributed by atoms with Crippen molar-refractivity contribution in [2.24, 2.45) is 11.0 Å². The van der Waals surface area contributed by atoms with Gasteiger partial charge in [-0.25, -0.2) is 0 Å². The molecule has 2 heterocycles. The van der Waals surface area contributed by atoms with Crippen LogP contribution < -0.4 is 0 Å². The fraction of sp³-hybridized carbons (Fsp3) is 0.923. The van der Waals surface area contributed by atoms with Gasteiger partial charge in [0.1, 0.15) is 0 Å². The van der Waals surface area contributed by atoms with E-state index in [9.17, 15) is 4.79 Å². The third kappa shape index (κ3) is 4.40. The molecule has 1 atom stereocenters. The van der Waals surface area contributed by atoms with Gasteiger partial charge in [0.05, 0.1) is 0 Å². The molecule has 0 aliphatic carbocycles. The zero-order valence-corrected chi connectivity index (χ0v) is 11.5. The average Bonchev–Trinajstić information content (AvgIpc) is 3.02. The lowest BCUT2D eigenvalue weighted by atomic mass is 10.1. The third-order valence-electron chi connectivity index (χ3n) is 4.05. The van der Waals surface area contributed by atoms with Crippen LogP contribution in [0.3, 0.4) is 0 Å². The Bertz CT molecular complexity index is 347. The van der Waals surface area contributed by atoms with Crippen molar-refractivity contribution in [3.05, 3.63) is 10.4 Å². The Balaban J connectivity index is 1.60. The topological polar surface area (TPSA) is 72.3 Å². The van der Waals surface area contributed by atoms with Crippen LogP contribution in [0.5, 0.6) is 0 Å². The average molecular weight is 265 g/mol. The Hall–Kier alpha value is -1.26. The summed E-state index contributed by atoms with van der Waals surface area (Å²) in [7, 11) is 0. The number of likely N-dealkylation sites (tertiary alicyclic amines) is 2. The largest absolute Gasteiger partial charge is 0.342 e. The molecule has 6 nitrogen and oxygen atoms in total. The highest BCUT2D eigenvalue weighted by atomic mass is 16.2. The molecule has 2 fully saturated rings. The molecule has 0 bridgehead atoms. The molecule has 2 aliphatic heterocycles. The number of carbonyl (C=O) groups excluding carboxylic acids is 1. The van der Waals surface area contributed by atoms with Crippen LogP contribution in [0, 0.1) is 5.92 Å². The van der Waals surface area contributed by atoms with Crippen molar-refractivity contribution in [1.29, 1.82) is 0 Å². The molecule has 0 aromatic heterocycles. The van der Waals surface area contributed by atoms with Gasteiger partial charge in [-0.2, -0.15) is 0 Å². The van der Waals surface area contributed by atoms with E-state index in [4.69, 9.17) is 5.53 Å². The van der Waals surface area contributed by atoms with Crippen molar-refractivity contribution in [3.63, 3.8) is 0 Å². The summed E-state index contributed by atoms with van der Waals surface area (Å²) in [6, 6.07) is 0. The summed E-state index contributed by atoms with van der Waals surface area (Å²) in [6.45, 7) is 5.74. The van der Waals surface area contributed by atoms with Crippen molar-refractivity contribution in [2.45, 2.75) is 32.1 Å². The molecular formula is C13H23N5O. The van der Waals surface area contributed by atoms with E-state index in [-0.39, 0.29) is 11.8 Å². The van der Waals surface area contributed by atoms with Crippen LogP contribution in [0.4, 0.5) is 0 Å². The highest BCUT2D eigenvalue weighted by Crippen LogP contribution is 2.18. The van der Waals surface area contributed by atoms with Gasteiger partial charge in [0.15, 0.2) is 0 Å². The fourth-order valence-electron chi connectivity index (χ4n) is 2.99. The van der Waals surface area contributed by atoms with E-state index >= 15 is 0 Å². The van der Waals surface area contributed by atoms with Gasteiger partial charge in [-0.15, -0.1) is 0 Å². The molecule has 1 amide bonds. The number of amides is 1. The molecule has 0 aromatic rings. The molecule has 2 rings (SSSR count). The minimum Gasteiger partial charge on any atom is -0.342 e. The number of hydrogen-bond acceptors (Lipinski definition) is 3. The normalized spacial score (nSPS) is 23.9. The molecule has 0 saturated carbocycles. The fourth-order valence-corrected chi connectivity index (χ4v) is 2.99. The monoisotopic (exact) mass is 265 g/mol. The second kappa shape index (κ2) is 7.36. The number of hydrogen-bond donors (Lipinski definition) is 0. The summed E-state index contributed by atoms with van der Waals surface area (Å²) in [4.78, 5) is 19.0. The van der Waals surface area contributed by atoms with E-state index in [0.29, 0.717) is 13.0 Å². The SMILES string of the molecule is [N-]=[N+]=NCC1CC(=O)N(CCCCN2CCCC2)C1. The van der Waals surface area contributed by atoms with E-state index in [1.54, 1.807) is 0 Å². The Labute approximate surface area is 114 Å². The van der Waals surface area contributed by atoms with Crippen molar-refractivity contribution in [2.75, 3.05) is 39.3 Å². The van der Waals surface area contributed by atoms with Crippen molar-refractivity contribution >= 4 is 5.91 Å². The predicted octanol–water partition coefficient (Wildman–Crippen LogP) is 2.02. The maximum Gasteiger partial charge on any atom is 0.222 e. The Morgan fingerprint density at radius 1 is 1.26 bits per heavy atom. The first-order valence-corrected chi connectivity index (χ1v) is 7.30. The van der Waals surface area contributed by atoms with Crippen LogP contribution in [-0.2, 0) is 4.79 Å². The van der Waals surface area contributed by atoms with Gasteiger partial charge in [-0.3, -0.25) is 4.79 Å². The molecule has 0 radical (unpaired) electrons. The smallest absolute Gasteiger partial charge is 0.222 e. The lowest BCUT2D eigenvalue weighted by Gasteiger charge is -2.18. The summed E-state index contributed by atoms with van der Waals surface area (Å²) in [6.07, 6.45) is 5.48. The van der Waals surface area contributed by atoms with Gasteiger partial charge in [-0.1, -0.05) is 5.11 Å². The summed E-state index contributed by atoms with van der Waals surface area (Å²) < 4.78 is 0. The quantitative estimate of drug-likeness (QED) is 0.306. The lowest BCUT2D eigenvalue weighted by molar-refractivity contribution is -0.127. The lowest BCUT2D eigenvalue weighted by Crippen LogP contribution is -2.27. The van der Waals surface area contributed by atoms with E-state index < -0.39 is 0 Å². The van der Waals surface area contributed by atoms with Crippen LogP contribution in [0.25, 0.3) is 10.4 Å². The minimum absolute atomic E-state index is 0.222. The first kappa shape index (κ1) is 14.2. The first-order chi connectivity index (χ1) is 9.29. The number of carbonyl (C=O) groups is 1. The molecule has 0 aromatic carbocycles. The maximum absolute atomic E-state index is 11.8. The molecule has 6 heteroatoms. The highest BCUT2D eigenvalue weighted by Gasteiger charge is 2.28. The van der Waals surface area contributed by atoms with Gasteiger partial charge in [-0.05, 0) is 56.8 Å². The zero-order valence-electron chi connectivity index (χ0n) is 11.5. The van der Waals surface area contributed by atoms with Gasteiger partial charge in [0, 0.05) is 31.0 Å². The van der Waals surface area contributed by atoms with Crippen molar-refractivity contribution < 1.29 is 4.79 Å². The number of rotatable bonds is 7. The van der Waals surface area contributed by atoms with E-state index in [0.717, 1.165) is 19.5 Å².